The molecule has 1 nitrogen and oxygen atoms in total. The summed E-state index contributed by atoms with van der Waals surface area (Å²) in [7, 11) is 0. The summed E-state index contributed by atoms with van der Waals surface area (Å²) in [5, 5.41) is 0. The lowest BCUT2D eigenvalue weighted by Crippen LogP contribution is -2.21. The molecule has 0 radical (unpaired) electrons. The van der Waals surface area contributed by atoms with Crippen molar-refractivity contribution in [2.75, 3.05) is 6.61 Å². The number of aryl methyl sites for hydroxylation is 5. The van der Waals surface area contributed by atoms with Crippen molar-refractivity contribution in [3.05, 3.63) is 106 Å². The minimum Gasteiger partial charge on any atom is -0.378 e. The summed E-state index contributed by atoms with van der Waals surface area (Å²) in [4.78, 5) is 0. The van der Waals surface area contributed by atoms with Crippen LogP contribution in [0.1, 0.15) is 94.0 Å². The Morgan fingerprint density at radius 2 is 0.884 bits per heavy atom. The summed E-state index contributed by atoms with van der Waals surface area (Å²) in [5.41, 5.74) is 4.71. The maximum absolute atomic E-state index is 12.6. The third kappa shape index (κ3) is 17.3. The molecule has 1 heterocycles. The molecule has 2 unspecified atom stereocenters. The summed E-state index contributed by atoms with van der Waals surface area (Å²) in [5.74, 6) is -0.973. The number of benzene rings is 3. The number of halogens is 4. The molecule has 3 aromatic rings. The number of ether oxygens (including phenoxy) is 1. The van der Waals surface area contributed by atoms with Gasteiger partial charge in [-0.15, -0.1) is 0 Å². The Morgan fingerprint density at radius 3 is 1.23 bits per heavy atom. The van der Waals surface area contributed by atoms with E-state index in [2.05, 4.69) is 65.8 Å². The molecule has 43 heavy (non-hydrogen) atoms. The van der Waals surface area contributed by atoms with Crippen molar-refractivity contribution in [2.45, 2.75) is 107 Å². The molecule has 1 saturated carbocycles. The molecule has 1 saturated heterocycles. The van der Waals surface area contributed by atoms with Crippen molar-refractivity contribution in [2.24, 2.45) is 17.8 Å². The van der Waals surface area contributed by atoms with Crippen molar-refractivity contribution >= 4 is 0 Å². The second kappa shape index (κ2) is 20.3. The molecule has 0 bridgehead atoms. The number of rotatable bonds is 0. The van der Waals surface area contributed by atoms with Gasteiger partial charge in [-0.3, -0.25) is 0 Å². The van der Waals surface area contributed by atoms with E-state index in [1.54, 1.807) is 13.0 Å². The van der Waals surface area contributed by atoms with Gasteiger partial charge in [0, 0.05) is 6.61 Å². The van der Waals surface area contributed by atoms with E-state index in [0.717, 1.165) is 42.1 Å². The van der Waals surface area contributed by atoms with E-state index in [1.165, 1.54) is 62.6 Å². The van der Waals surface area contributed by atoms with Crippen LogP contribution in [0, 0.1) is 75.6 Å². The second-order valence-electron chi connectivity index (χ2n) is 12.6. The van der Waals surface area contributed by atoms with Crippen molar-refractivity contribution < 1.29 is 22.3 Å². The zero-order valence-electron chi connectivity index (χ0n) is 27.9. The second-order valence-corrected chi connectivity index (χ2v) is 12.6. The predicted molar refractivity (Wildman–Crippen MR) is 173 cm³/mol. The fourth-order valence-electron chi connectivity index (χ4n) is 4.46. The molecule has 0 aromatic heterocycles. The molecular weight excluding hydrogens is 548 g/mol. The molecule has 5 heteroatoms. The molecule has 0 spiro atoms. The lowest BCUT2D eigenvalue weighted by Gasteiger charge is -2.23. The summed E-state index contributed by atoms with van der Waals surface area (Å²) in [6, 6.07) is 15.6. The number of hydrogen-bond acceptors (Lipinski definition) is 1. The van der Waals surface area contributed by atoms with Crippen LogP contribution in [-0.4, -0.2) is 12.7 Å². The molecule has 5 rings (SSSR count). The molecule has 2 aliphatic rings. The van der Waals surface area contributed by atoms with Crippen LogP contribution in [0.3, 0.4) is 0 Å². The first-order valence-electron chi connectivity index (χ1n) is 15.7. The van der Waals surface area contributed by atoms with Crippen molar-refractivity contribution in [1.82, 2.24) is 0 Å². The molecule has 0 amide bonds. The lowest BCUT2D eigenvalue weighted by atomic mass is 9.84. The lowest BCUT2D eigenvalue weighted by molar-refractivity contribution is 0.000266. The monoisotopic (exact) mass is 602 g/mol. The zero-order chi connectivity index (χ0) is 32.5. The zero-order valence-corrected chi connectivity index (χ0v) is 27.9. The smallest absolute Gasteiger partial charge is 0.194 e. The van der Waals surface area contributed by atoms with E-state index in [4.69, 9.17) is 4.74 Å². The van der Waals surface area contributed by atoms with Crippen LogP contribution < -0.4 is 0 Å². The fraction of sp³-hybridized carbons (Fsp3) is 0.526. The van der Waals surface area contributed by atoms with Crippen molar-refractivity contribution in [3.8, 4) is 0 Å². The molecule has 1 aliphatic carbocycles. The Morgan fingerprint density at radius 1 is 0.488 bits per heavy atom. The van der Waals surface area contributed by atoms with Gasteiger partial charge in [-0.1, -0.05) is 94.0 Å². The van der Waals surface area contributed by atoms with Crippen LogP contribution in [0.5, 0.6) is 0 Å². The van der Waals surface area contributed by atoms with Gasteiger partial charge in [-0.05, 0) is 107 Å². The van der Waals surface area contributed by atoms with Gasteiger partial charge in [0.25, 0.3) is 0 Å². The van der Waals surface area contributed by atoms with Gasteiger partial charge in [-0.25, -0.2) is 17.6 Å². The van der Waals surface area contributed by atoms with E-state index in [1.807, 2.05) is 13.0 Å². The molecule has 2 atom stereocenters. The van der Waals surface area contributed by atoms with E-state index < -0.39 is 17.5 Å². The minimum absolute atomic E-state index is 0.116. The average molecular weight is 603 g/mol. The van der Waals surface area contributed by atoms with Crippen LogP contribution in [0.15, 0.2) is 54.6 Å². The van der Waals surface area contributed by atoms with Gasteiger partial charge in [-0.2, -0.15) is 0 Å². The summed E-state index contributed by atoms with van der Waals surface area (Å²) < 4.78 is 54.6. The highest BCUT2D eigenvalue weighted by atomic mass is 19.2. The Balaban J connectivity index is 0.000000269. The Hall–Kier alpha value is -2.66. The summed E-state index contributed by atoms with van der Waals surface area (Å²) >= 11 is 0. The molecule has 0 N–H and O–H groups in total. The SMILES string of the molecule is CC1CCC(C)CC1.CC1CCC(C)OC1.Cc1cc(F)c(F)c(F)c1.Cc1ccc(C)c(F)c1.Cc1ccc(C)cc1. The highest BCUT2D eigenvalue weighted by Gasteiger charge is 2.14. The average Bonchev–Trinajstić information content (AvgIpc) is 2.96. The first kappa shape index (κ1) is 38.4. The third-order valence-corrected chi connectivity index (χ3v) is 7.71. The third-order valence-electron chi connectivity index (χ3n) is 7.71. The van der Waals surface area contributed by atoms with E-state index in [-0.39, 0.29) is 5.82 Å². The van der Waals surface area contributed by atoms with Crippen LogP contribution >= 0.6 is 0 Å². The number of hydrogen-bond donors (Lipinski definition) is 0. The quantitative estimate of drug-likeness (QED) is 0.184. The van der Waals surface area contributed by atoms with E-state index >= 15 is 0 Å². The molecule has 2 fully saturated rings. The van der Waals surface area contributed by atoms with Gasteiger partial charge in [0.2, 0.25) is 0 Å². The van der Waals surface area contributed by atoms with Crippen LogP contribution in [0.4, 0.5) is 17.6 Å². The van der Waals surface area contributed by atoms with Gasteiger partial charge < -0.3 is 4.74 Å². The predicted octanol–water partition coefficient (Wildman–Crippen LogP) is 11.8. The highest BCUT2D eigenvalue weighted by Crippen LogP contribution is 2.27. The minimum atomic E-state index is -1.41. The Labute approximate surface area is 259 Å². The highest BCUT2D eigenvalue weighted by molar-refractivity contribution is 5.22. The Bertz CT molecular complexity index is 1090. The topological polar surface area (TPSA) is 9.23 Å². The molecule has 3 aromatic carbocycles. The molecule has 1 aliphatic heterocycles. The first-order chi connectivity index (χ1) is 20.2. The fourth-order valence-corrected chi connectivity index (χ4v) is 4.46. The van der Waals surface area contributed by atoms with Crippen LogP contribution in [0.25, 0.3) is 0 Å². The van der Waals surface area contributed by atoms with E-state index in [9.17, 15) is 17.6 Å². The van der Waals surface area contributed by atoms with Gasteiger partial charge in [0.1, 0.15) is 5.82 Å². The normalized spacial score (nSPS) is 20.9. The molecular formula is C38H54F4O. The van der Waals surface area contributed by atoms with Crippen LogP contribution in [0.2, 0.25) is 0 Å². The summed E-state index contributed by atoms with van der Waals surface area (Å²) in [6.07, 6.45) is 9.01. The van der Waals surface area contributed by atoms with Crippen LogP contribution in [-0.2, 0) is 4.74 Å². The van der Waals surface area contributed by atoms with Gasteiger partial charge >= 0.3 is 0 Å². The molecule has 240 valence electrons. The standard InChI is InChI=1S/C8H9F.C8H16.C8H10.C7H5F3.C7H14O/c1-6-3-4-7(2)8(9)5-6;2*1-7-3-5-8(2)6-4-7;1-4-2-5(8)7(10)6(9)3-4;1-6-3-4-7(2)8-5-6/h3-5H,1-2H3;7-8H,3-6H2,1-2H3;3-6H,1-2H3;2-3H,1H3;6-7H,3-5H2,1-2H3. The van der Waals surface area contributed by atoms with Gasteiger partial charge in [0.05, 0.1) is 6.10 Å². The van der Waals surface area contributed by atoms with Crippen molar-refractivity contribution in [1.29, 1.82) is 0 Å². The van der Waals surface area contributed by atoms with Crippen molar-refractivity contribution in [3.63, 3.8) is 0 Å². The largest absolute Gasteiger partial charge is 0.378 e. The summed E-state index contributed by atoms with van der Waals surface area (Å²) in [6.45, 7) is 19.4. The van der Waals surface area contributed by atoms with E-state index in [0.29, 0.717) is 17.2 Å². The maximum atomic E-state index is 12.6. The maximum Gasteiger partial charge on any atom is 0.194 e. The first-order valence-corrected chi connectivity index (χ1v) is 15.7. The Kier molecular flexibility index (Phi) is 18.1. The van der Waals surface area contributed by atoms with Gasteiger partial charge in [0.15, 0.2) is 17.5 Å².